The highest BCUT2D eigenvalue weighted by Crippen LogP contribution is 2.40. The fraction of sp³-hybridized carbons (Fsp3) is 0.333. The number of aliphatic carboxylic acids is 1. The Balaban J connectivity index is 1.69. The normalized spacial score (nSPS) is 16.0. The van der Waals surface area contributed by atoms with Crippen LogP contribution in [0.5, 0.6) is 11.5 Å². The molecular weight excluding hydrogens is 470 g/mol. The number of ether oxygens (including phenoxy) is 3. The number of benzene rings is 3. The monoisotopic (exact) mass is 503 g/mol. The first-order valence-electron chi connectivity index (χ1n) is 12.3. The van der Waals surface area contributed by atoms with Crippen molar-refractivity contribution in [1.82, 2.24) is 4.90 Å². The third kappa shape index (κ3) is 6.12. The maximum absolute atomic E-state index is 13.9. The van der Waals surface area contributed by atoms with Crippen molar-refractivity contribution in [1.29, 1.82) is 0 Å². The van der Waals surface area contributed by atoms with Crippen molar-refractivity contribution in [3.63, 3.8) is 0 Å². The number of amides is 1. The Morgan fingerprint density at radius 3 is 2.24 bits per heavy atom. The molecule has 3 aromatic rings. The summed E-state index contributed by atoms with van der Waals surface area (Å²) < 4.78 is 17.9. The molecule has 0 saturated heterocycles. The number of nitrogens with zero attached hydrogens (tertiary/aromatic N) is 1. The van der Waals surface area contributed by atoms with E-state index in [0.29, 0.717) is 23.7 Å². The SMILES string of the molecule is COc1ccc2c(c1OCc1ccccc1)CC(C(=O)O)N(C(=O)C(OC(C)(C)C)c1ccccc1)C2. The molecule has 0 aromatic heterocycles. The summed E-state index contributed by atoms with van der Waals surface area (Å²) in [5.74, 6) is -0.440. The summed E-state index contributed by atoms with van der Waals surface area (Å²) in [4.78, 5) is 27.8. The molecule has 1 aliphatic heterocycles. The lowest BCUT2D eigenvalue weighted by molar-refractivity contribution is -0.164. The first-order valence-corrected chi connectivity index (χ1v) is 12.3. The van der Waals surface area contributed by atoms with E-state index in [-0.39, 0.29) is 18.9 Å². The van der Waals surface area contributed by atoms with Gasteiger partial charge in [0.2, 0.25) is 0 Å². The topological polar surface area (TPSA) is 85.3 Å². The van der Waals surface area contributed by atoms with Gasteiger partial charge in [-0.05, 0) is 43.5 Å². The van der Waals surface area contributed by atoms with E-state index in [1.54, 1.807) is 13.2 Å². The number of carbonyl (C=O) groups excluding carboxylic acids is 1. The third-order valence-electron chi connectivity index (χ3n) is 6.25. The first-order chi connectivity index (χ1) is 17.7. The van der Waals surface area contributed by atoms with E-state index in [2.05, 4.69) is 0 Å². The highest BCUT2D eigenvalue weighted by Gasteiger charge is 2.41. The fourth-order valence-corrected chi connectivity index (χ4v) is 4.51. The number of hydrogen-bond acceptors (Lipinski definition) is 5. The average Bonchev–Trinajstić information content (AvgIpc) is 2.89. The minimum absolute atomic E-state index is 0.0920. The number of fused-ring (bicyclic) bond motifs is 1. The zero-order valence-electron chi connectivity index (χ0n) is 21.6. The van der Waals surface area contributed by atoms with Crippen molar-refractivity contribution in [2.24, 2.45) is 0 Å². The molecule has 0 aliphatic carbocycles. The lowest BCUT2D eigenvalue weighted by atomic mass is 9.91. The van der Waals surface area contributed by atoms with Crippen LogP contribution in [0.3, 0.4) is 0 Å². The molecule has 7 heteroatoms. The maximum Gasteiger partial charge on any atom is 0.326 e. The molecule has 1 amide bonds. The molecule has 0 fully saturated rings. The van der Waals surface area contributed by atoms with Crippen LogP contribution in [0.25, 0.3) is 0 Å². The smallest absolute Gasteiger partial charge is 0.326 e. The van der Waals surface area contributed by atoms with Gasteiger partial charge in [-0.1, -0.05) is 66.7 Å². The maximum atomic E-state index is 13.9. The van der Waals surface area contributed by atoms with E-state index < -0.39 is 23.7 Å². The van der Waals surface area contributed by atoms with E-state index >= 15 is 0 Å². The third-order valence-corrected chi connectivity index (χ3v) is 6.25. The summed E-state index contributed by atoms with van der Waals surface area (Å²) >= 11 is 0. The number of hydrogen-bond donors (Lipinski definition) is 1. The summed E-state index contributed by atoms with van der Waals surface area (Å²) in [6.07, 6.45) is -0.842. The summed E-state index contributed by atoms with van der Waals surface area (Å²) in [6.45, 7) is 6.05. The van der Waals surface area contributed by atoms with Gasteiger partial charge in [0.1, 0.15) is 12.6 Å². The van der Waals surface area contributed by atoms with Gasteiger partial charge in [-0.25, -0.2) is 4.79 Å². The quantitative estimate of drug-likeness (QED) is 0.457. The molecule has 1 aliphatic rings. The first kappa shape index (κ1) is 26.2. The number of carbonyl (C=O) groups is 2. The zero-order valence-corrected chi connectivity index (χ0v) is 21.6. The van der Waals surface area contributed by atoms with E-state index in [0.717, 1.165) is 16.7 Å². The Hall–Kier alpha value is -3.84. The largest absolute Gasteiger partial charge is 0.493 e. The molecule has 4 rings (SSSR count). The van der Waals surface area contributed by atoms with E-state index in [1.807, 2.05) is 87.5 Å². The molecular formula is C30H33NO6. The van der Waals surface area contributed by atoms with Crippen molar-refractivity contribution in [3.05, 3.63) is 95.1 Å². The van der Waals surface area contributed by atoms with Gasteiger partial charge in [-0.3, -0.25) is 4.79 Å². The Kier molecular flexibility index (Phi) is 7.83. The fourth-order valence-electron chi connectivity index (χ4n) is 4.51. The van der Waals surface area contributed by atoms with Gasteiger partial charge in [0.05, 0.1) is 12.7 Å². The number of carboxylic acid groups (broad SMARTS) is 1. The van der Waals surface area contributed by atoms with Crippen LogP contribution in [0.2, 0.25) is 0 Å². The van der Waals surface area contributed by atoms with Crippen molar-refractivity contribution in [3.8, 4) is 11.5 Å². The lowest BCUT2D eigenvalue weighted by Crippen LogP contribution is -2.51. The summed E-state index contributed by atoms with van der Waals surface area (Å²) in [5, 5.41) is 10.2. The molecule has 1 heterocycles. The summed E-state index contributed by atoms with van der Waals surface area (Å²) in [5.41, 5.74) is 2.60. The van der Waals surface area contributed by atoms with Crippen LogP contribution < -0.4 is 9.47 Å². The Labute approximate surface area is 217 Å². The molecule has 3 aromatic carbocycles. The summed E-state index contributed by atoms with van der Waals surface area (Å²) in [6, 6.07) is 21.5. The van der Waals surface area contributed by atoms with Gasteiger partial charge in [-0.15, -0.1) is 0 Å². The van der Waals surface area contributed by atoms with Gasteiger partial charge < -0.3 is 24.2 Å². The second kappa shape index (κ2) is 11.0. The molecule has 2 unspecified atom stereocenters. The zero-order chi connectivity index (χ0) is 26.6. The van der Waals surface area contributed by atoms with Crippen LogP contribution in [0, 0.1) is 0 Å². The van der Waals surface area contributed by atoms with Crippen LogP contribution in [-0.2, 0) is 33.9 Å². The Morgan fingerprint density at radius 1 is 1.00 bits per heavy atom. The van der Waals surface area contributed by atoms with Gasteiger partial charge in [0.25, 0.3) is 5.91 Å². The molecule has 0 radical (unpaired) electrons. The highest BCUT2D eigenvalue weighted by atomic mass is 16.5. The highest BCUT2D eigenvalue weighted by molar-refractivity contribution is 5.88. The second-order valence-corrected chi connectivity index (χ2v) is 10.1. The van der Waals surface area contributed by atoms with Gasteiger partial charge in [-0.2, -0.15) is 0 Å². The van der Waals surface area contributed by atoms with Crippen LogP contribution in [-0.4, -0.2) is 40.6 Å². The number of rotatable bonds is 8. The number of carboxylic acids is 1. The van der Waals surface area contributed by atoms with Gasteiger partial charge in [0.15, 0.2) is 17.6 Å². The minimum atomic E-state index is -1.08. The van der Waals surface area contributed by atoms with Gasteiger partial charge >= 0.3 is 5.97 Å². The van der Waals surface area contributed by atoms with Crippen molar-refractivity contribution in [2.75, 3.05) is 7.11 Å². The molecule has 194 valence electrons. The van der Waals surface area contributed by atoms with Gasteiger partial charge in [0, 0.05) is 18.5 Å². The van der Waals surface area contributed by atoms with Crippen molar-refractivity contribution < 1.29 is 28.9 Å². The van der Waals surface area contributed by atoms with Crippen LogP contribution >= 0.6 is 0 Å². The van der Waals surface area contributed by atoms with E-state index in [9.17, 15) is 14.7 Å². The average molecular weight is 504 g/mol. The lowest BCUT2D eigenvalue weighted by Gasteiger charge is -2.38. The predicted octanol–water partition coefficient (Wildman–Crippen LogP) is 5.17. The molecule has 0 saturated carbocycles. The Morgan fingerprint density at radius 2 is 1.65 bits per heavy atom. The van der Waals surface area contributed by atoms with E-state index in [1.165, 1.54) is 4.90 Å². The molecule has 2 atom stereocenters. The summed E-state index contributed by atoms with van der Waals surface area (Å²) in [7, 11) is 1.55. The standard InChI is InChI=1S/C30H33NO6/c1-30(2,3)37-26(21-13-9-6-10-14-21)28(32)31-18-22-15-16-25(35-4)27(23(22)17-24(31)29(33)34)36-19-20-11-7-5-8-12-20/h5-16,24,26H,17-19H2,1-4H3,(H,33,34). The second-order valence-electron chi connectivity index (χ2n) is 10.1. The minimum Gasteiger partial charge on any atom is -0.493 e. The predicted molar refractivity (Wildman–Crippen MR) is 139 cm³/mol. The van der Waals surface area contributed by atoms with Crippen molar-refractivity contribution >= 4 is 11.9 Å². The van der Waals surface area contributed by atoms with Crippen LogP contribution in [0.1, 0.15) is 49.1 Å². The van der Waals surface area contributed by atoms with E-state index in [4.69, 9.17) is 14.2 Å². The molecule has 1 N–H and O–H groups in total. The van der Waals surface area contributed by atoms with Crippen LogP contribution in [0.15, 0.2) is 72.8 Å². The molecule has 0 spiro atoms. The van der Waals surface area contributed by atoms with Crippen LogP contribution in [0.4, 0.5) is 0 Å². The Bertz CT molecular complexity index is 1240. The molecule has 7 nitrogen and oxygen atoms in total. The number of methoxy groups -OCH3 is 1. The molecule has 37 heavy (non-hydrogen) atoms. The molecule has 0 bridgehead atoms. The van der Waals surface area contributed by atoms with Crippen molar-refractivity contribution in [2.45, 2.75) is 58.1 Å².